The molecule has 0 saturated carbocycles. The van der Waals surface area contributed by atoms with E-state index < -0.39 is 0 Å². The van der Waals surface area contributed by atoms with Crippen molar-refractivity contribution in [3.05, 3.63) is 83.4 Å². The van der Waals surface area contributed by atoms with Crippen molar-refractivity contribution in [3.63, 3.8) is 0 Å². The number of pyridine rings is 1. The number of aliphatic imine (C=N–C) groups is 1. The van der Waals surface area contributed by atoms with Gasteiger partial charge in [-0.05, 0) is 25.1 Å². The van der Waals surface area contributed by atoms with E-state index in [0.717, 1.165) is 21.6 Å². The van der Waals surface area contributed by atoms with Gasteiger partial charge in [0.05, 0.1) is 5.71 Å². The fourth-order valence-corrected chi connectivity index (χ4v) is 2.82. The summed E-state index contributed by atoms with van der Waals surface area (Å²) < 4.78 is 2.64. The zero-order chi connectivity index (χ0) is 19.8. The summed E-state index contributed by atoms with van der Waals surface area (Å²) in [5, 5.41) is 4.38. The molecule has 2 heterocycles. The first-order chi connectivity index (χ1) is 12.9. The molecule has 3 rings (SSSR count). The maximum atomic E-state index is 4.41. The Balaban J connectivity index is 0.000000194. The summed E-state index contributed by atoms with van der Waals surface area (Å²) in [6.07, 6.45) is 7.37. The number of aromatic nitrogens is 2. The molecule has 0 radical (unpaired) electrons. The fourth-order valence-electron chi connectivity index (χ4n) is 2.70. The summed E-state index contributed by atoms with van der Waals surface area (Å²) in [4.78, 5) is 8.45. The van der Waals surface area contributed by atoms with Crippen LogP contribution < -0.4 is 0 Å². The van der Waals surface area contributed by atoms with Gasteiger partial charge in [-0.3, -0.25) is 4.98 Å². The maximum absolute atomic E-state index is 4.41. The normalized spacial score (nSPS) is 11.8. The molecular formula is C22H25FeN4. The molecule has 0 spiro atoms. The van der Waals surface area contributed by atoms with Crippen molar-refractivity contribution in [2.75, 3.05) is 0 Å². The van der Waals surface area contributed by atoms with Gasteiger partial charge >= 0.3 is 87.8 Å². The van der Waals surface area contributed by atoms with E-state index in [1.807, 2.05) is 56.7 Å². The molecule has 0 aliphatic rings. The molecule has 0 fully saturated rings. The van der Waals surface area contributed by atoms with Crippen LogP contribution in [0.2, 0.25) is 0 Å². The summed E-state index contributed by atoms with van der Waals surface area (Å²) >= 11 is 3.79. The van der Waals surface area contributed by atoms with Crippen LogP contribution in [0.15, 0.2) is 71.3 Å². The third-order valence-electron chi connectivity index (χ3n) is 3.83. The van der Waals surface area contributed by atoms with Gasteiger partial charge in [0.25, 0.3) is 0 Å². The van der Waals surface area contributed by atoms with E-state index in [1.165, 1.54) is 16.7 Å². The van der Waals surface area contributed by atoms with E-state index >= 15 is 0 Å². The van der Waals surface area contributed by atoms with Crippen LogP contribution in [0.5, 0.6) is 0 Å². The number of aryl methyl sites for hydroxylation is 3. The Morgan fingerprint density at radius 1 is 1.00 bits per heavy atom. The zero-order valence-corrected chi connectivity index (χ0v) is 17.5. The minimum atomic E-state index is 0.857. The van der Waals surface area contributed by atoms with Crippen LogP contribution in [0.3, 0.4) is 0 Å². The van der Waals surface area contributed by atoms with Gasteiger partial charge < -0.3 is 0 Å². The van der Waals surface area contributed by atoms with Gasteiger partial charge in [0.2, 0.25) is 0 Å². The van der Waals surface area contributed by atoms with E-state index in [1.54, 1.807) is 10.9 Å². The predicted octanol–water partition coefficient (Wildman–Crippen LogP) is 5.36. The number of rotatable bonds is 3. The van der Waals surface area contributed by atoms with Crippen LogP contribution in [-0.4, -0.2) is 20.0 Å². The Bertz CT molecular complexity index is 899. The third-order valence-corrected chi connectivity index (χ3v) is 3.96. The van der Waals surface area contributed by atoms with Crippen LogP contribution in [0.25, 0.3) is 0 Å². The zero-order valence-electron chi connectivity index (χ0n) is 16.4. The van der Waals surface area contributed by atoms with Crippen LogP contribution in [0.1, 0.15) is 36.1 Å². The summed E-state index contributed by atoms with van der Waals surface area (Å²) in [5.41, 5.74) is 6.80. The molecule has 0 aliphatic carbocycles. The van der Waals surface area contributed by atoms with Crippen molar-refractivity contribution in [3.8, 4) is 0 Å². The van der Waals surface area contributed by atoms with Crippen LogP contribution >= 0.6 is 0 Å². The first-order valence-corrected chi connectivity index (χ1v) is 9.28. The Kier molecular flexibility index (Phi) is 7.71. The van der Waals surface area contributed by atoms with Crippen LogP contribution in [0.4, 0.5) is 5.69 Å². The van der Waals surface area contributed by atoms with E-state index in [0.29, 0.717) is 0 Å². The Morgan fingerprint density at radius 2 is 1.63 bits per heavy atom. The minimum absolute atomic E-state index is 0.857. The Hall–Kier alpha value is -2.49. The standard InChI is InChI=1S/C11H11N3.C11H14N.Fe/c1-10(11-5-4-6-12-9-11)13-14-7-2-3-8-14;1-5-12-11-9(3)6-8(2)7-10(11)4;/h2-9H,1H3;6-7H,1-4H3;. The molecule has 5 heteroatoms. The molecule has 2 aromatic heterocycles. The quantitative estimate of drug-likeness (QED) is 0.430. The predicted molar refractivity (Wildman–Crippen MR) is 110 cm³/mol. The van der Waals surface area contributed by atoms with E-state index in [2.05, 4.69) is 64.0 Å². The average molecular weight is 401 g/mol. The molecule has 1 aromatic carbocycles. The van der Waals surface area contributed by atoms with Gasteiger partial charge in [-0.2, -0.15) is 5.10 Å². The van der Waals surface area contributed by atoms with Crippen LogP contribution in [-0.2, 0) is 16.0 Å². The molecule has 0 unspecified atom stereocenters. The summed E-state index contributed by atoms with van der Waals surface area (Å²) in [6.45, 7) is 10.2. The van der Waals surface area contributed by atoms with Gasteiger partial charge in [-0.15, -0.1) is 0 Å². The molecule has 0 aliphatic heterocycles. The van der Waals surface area contributed by atoms with Crippen molar-refractivity contribution < 1.29 is 16.0 Å². The second-order valence-electron chi connectivity index (χ2n) is 6.33. The topological polar surface area (TPSA) is 42.5 Å². The molecule has 27 heavy (non-hydrogen) atoms. The van der Waals surface area contributed by atoms with Gasteiger partial charge in [0, 0.05) is 30.4 Å². The monoisotopic (exact) mass is 401 g/mol. The SMILES string of the molecule is CC(=Nn1cccc1)c1cccnc1.C[C]([Fe])=Nc1c(C)cc(C)cc1C. The molecule has 4 nitrogen and oxygen atoms in total. The molecule has 0 bridgehead atoms. The second-order valence-corrected chi connectivity index (χ2v) is 7.13. The Labute approximate surface area is 169 Å². The van der Waals surface area contributed by atoms with Crippen molar-refractivity contribution in [1.82, 2.24) is 9.66 Å². The first-order valence-electron chi connectivity index (χ1n) is 8.73. The molecule has 0 amide bonds. The molecule has 3 aromatic rings. The first kappa shape index (κ1) is 20.8. The Morgan fingerprint density at radius 3 is 2.15 bits per heavy atom. The summed E-state index contributed by atoms with van der Waals surface area (Å²) in [6, 6.07) is 12.1. The average Bonchev–Trinajstić information content (AvgIpc) is 3.12. The van der Waals surface area contributed by atoms with Crippen molar-refractivity contribution in [1.29, 1.82) is 0 Å². The van der Waals surface area contributed by atoms with E-state index in [-0.39, 0.29) is 0 Å². The van der Waals surface area contributed by atoms with E-state index in [4.69, 9.17) is 0 Å². The number of hydrogen-bond donors (Lipinski definition) is 0. The second kappa shape index (κ2) is 10.0. The van der Waals surface area contributed by atoms with E-state index in [9.17, 15) is 0 Å². The third kappa shape index (κ3) is 6.63. The summed E-state index contributed by atoms with van der Waals surface area (Å²) in [5.74, 6) is 0. The summed E-state index contributed by atoms with van der Waals surface area (Å²) in [7, 11) is 0. The van der Waals surface area contributed by atoms with Crippen molar-refractivity contribution in [2.24, 2.45) is 10.1 Å². The van der Waals surface area contributed by atoms with Gasteiger partial charge in [0.15, 0.2) is 0 Å². The van der Waals surface area contributed by atoms with Crippen molar-refractivity contribution >= 4 is 16.0 Å². The van der Waals surface area contributed by atoms with Gasteiger partial charge in [0.1, 0.15) is 0 Å². The molecule has 141 valence electrons. The fraction of sp³-hybridized carbons (Fsp3) is 0.227. The molecular weight excluding hydrogens is 376 g/mol. The number of nitrogens with zero attached hydrogens (tertiary/aromatic N) is 4. The molecule has 0 N–H and O–H groups in total. The van der Waals surface area contributed by atoms with Crippen molar-refractivity contribution in [2.45, 2.75) is 34.6 Å². The molecule has 0 saturated heterocycles. The van der Waals surface area contributed by atoms with Gasteiger partial charge in [-0.1, -0.05) is 6.07 Å². The number of benzene rings is 1. The molecule has 0 atom stereocenters. The number of hydrogen-bond acceptors (Lipinski definition) is 3. The van der Waals surface area contributed by atoms with Gasteiger partial charge in [-0.25, -0.2) is 4.68 Å². The van der Waals surface area contributed by atoms with Crippen LogP contribution in [0, 0.1) is 20.8 Å².